The van der Waals surface area contributed by atoms with E-state index in [1.54, 1.807) is 0 Å². The highest BCUT2D eigenvalue weighted by molar-refractivity contribution is 6.11. The highest BCUT2D eigenvalue weighted by Crippen LogP contribution is 2.41. The zero-order valence-corrected chi connectivity index (χ0v) is 15.1. The molecule has 2 heteroatoms. The molecule has 0 spiro atoms. The summed E-state index contributed by atoms with van der Waals surface area (Å²) in [5, 5.41) is 2.34. The van der Waals surface area contributed by atoms with Crippen molar-refractivity contribution < 1.29 is 4.42 Å². The van der Waals surface area contributed by atoms with Crippen molar-refractivity contribution >= 4 is 21.9 Å². The molecule has 0 N–H and O–H groups in total. The van der Waals surface area contributed by atoms with Crippen LogP contribution in [0.2, 0.25) is 0 Å². The number of para-hydroxylation sites is 1. The summed E-state index contributed by atoms with van der Waals surface area (Å²) >= 11 is 0. The standard InChI is InChI=1S/C25H19NO/c1-17(18-9-3-2-4-10-18)19-14-15-20(22-12-7-8-16-26-22)25-24(19)21-11-5-6-13-23(21)27-25/h2-17H,1H3. The van der Waals surface area contributed by atoms with Gasteiger partial charge in [-0.3, -0.25) is 4.98 Å². The number of benzene rings is 3. The molecule has 0 aliphatic heterocycles. The van der Waals surface area contributed by atoms with E-state index in [-0.39, 0.29) is 5.92 Å². The van der Waals surface area contributed by atoms with Gasteiger partial charge in [0.1, 0.15) is 11.2 Å². The van der Waals surface area contributed by atoms with Gasteiger partial charge in [-0.25, -0.2) is 0 Å². The predicted molar refractivity (Wildman–Crippen MR) is 111 cm³/mol. The Morgan fingerprint density at radius 3 is 2.37 bits per heavy atom. The minimum Gasteiger partial charge on any atom is -0.455 e. The number of aromatic nitrogens is 1. The van der Waals surface area contributed by atoms with Gasteiger partial charge in [0.15, 0.2) is 0 Å². The van der Waals surface area contributed by atoms with Crippen molar-refractivity contribution in [2.24, 2.45) is 0 Å². The van der Waals surface area contributed by atoms with Crippen LogP contribution in [0.15, 0.2) is 95.5 Å². The second-order valence-corrected chi connectivity index (χ2v) is 6.85. The van der Waals surface area contributed by atoms with Gasteiger partial charge in [0, 0.05) is 28.5 Å². The second-order valence-electron chi connectivity index (χ2n) is 6.85. The molecule has 130 valence electrons. The zero-order chi connectivity index (χ0) is 18.2. The fraction of sp³-hybridized carbons (Fsp3) is 0.0800. The van der Waals surface area contributed by atoms with E-state index in [1.165, 1.54) is 16.5 Å². The molecule has 0 aliphatic rings. The fourth-order valence-corrected chi connectivity index (χ4v) is 3.86. The Morgan fingerprint density at radius 2 is 1.56 bits per heavy atom. The molecule has 5 rings (SSSR count). The van der Waals surface area contributed by atoms with Crippen LogP contribution in [0.1, 0.15) is 24.0 Å². The molecule has 1 atom stereocenters. The van der Waals surface area contributed by atoms with Crippen molar-refractivity contribution in [2.75, 3.05) is 0 Å². The lowest BCUT2D eigenvalue weighted by atomic mass is 9.88. The van der Waals surface area contributed by atoms with Gasteiger partial charge in [-0.05, 0) is 35.4 Å². The van der Waals surface area contributed by atoms with Gasteiger partial charge in [0.05, 0.1) is 5.69 Å². The van der Waals surface area contributed by atoms with Crippen molar-refractivity contribution in [3.05, 3.63) is 102 Å². The maximum atomic E-state index is 6.32. The van der Waals surface area contributed by atoms with Gasteiger partial charge < -0.3 is 4.42 Å². The van der Waals surface area contributed by atoms with E-state index < -0.39 is 0 Å². The first-order chi connectivity index (χ1) is 13.3. The molecule has 0 fully saturated rings. The van der Waals surface area contributed by atoms with Crippen LogP contribution in [0.4, 0.5) is 0 Å². The largest absolute Gasteiger partial charge is 0.455 e. The number of nitrogens with zero attached hydrogens (tertiary/aromatic N) is 1. The molecule has 0 saturated carbocycles. The maximum Gasteiger partial charge on any atom is 0.145 e. The van der Waals surface area contributed by atoms with Crippen molar-refractivity contribution in [3.63, 3.8) is 0 Å². The van der Waals surface area contributed by atoms with E-state index in [0.717, 1.165) is 27.8 Å². The van der Waals surface area contributed by atoms with Gasteiger partial charge >= 0.3 is 0 Å². The summed E-state index contributed by atoms with van der Waals surface area (Å²) in [6, 6.07) is 29.2. The topological polar surface area (TPSA) is 26.0 Å². The molecule has 0 saturated heterocycles. The fourth-order valence-electron chi connectivity index (χ4n) is 3.86. The van der Waals surface area contributed by atoms with Gasteiger partial charge in [0.2, 0.25) is 0 Å². The molecular formula is C25H19NO. The Balaban J connectivity index is 1.83. The number of furan rings is 1. The molecule has 0 aliphatic carbocycles. The first-order valence-corrected chi connectivity index (χ1v) is 9.23. The van der Waals surface area contributed by atoms with Crippen LogP contribution in [-0.4, -0.2) is 4.98 Å². The van der Waals surface area contributed by atoms with Crippen LogP contribution < -0.4 is 0 Å². The molecular weight excluding hydrogens is 330 g/mol. The van der Waals surface area contributed by atoms with Crippen LogP contribution in [0, 0.1) is 0 Å². The molecule has 0 amide bonds. The average molecular weight is 349 g/mol. The Labute approximate surface area is 158 Å². The van der Waals surface area contributed by atoms with Crippen molar-refractivity contribution in [3.8, 4) is 11.3 Å². The lowest BCUT2D eigenvalue weighted by Gasteiger charge is -2.15. The quantitative estimate of drug-likeness (QED) is 0.358. The van der Waals surface area contributed by atoms with E-state index in [9.17, 15) is 0 Å². The lowest BCUT2D eigenvalue weighted by molar-refractivity contribution is 0.669. The SMILES string of the molecule is CC(c1ccccc1)c1ccc(-c2ccccn2)c2oc3ccccc3c12. The Morgan fingerprint density at radius 1 is 0.778 bits per heavy atom. The summed E-state index contributed by atoms with van der Waals surface area (Å²) in [4.78, 5) is 4.54. The van der Waals surface area contributed by atoms with Crippen LogP contribution in [0.25, 0.3) is 33.2 Å². The van der Waals surface area contributed by atoms with E-state index in [1.807, 2.05) is 36.5 Å². The summed E-state index contributed by atoms with van der Waals surface area (Å²) in [6.07, 6.45) is 1.82. The van der Waals surface area contributed by atoms with Crippen LogP contribution in [0.5, 0.6) is 0 Å². The van der Waals surface area contributed by atoms with Crippen molar-refractivity contribution in [1.29, 1.82) is 0 Å². The third-order valence-corrected chi connectivity index (χ3v) is 5.27. The average Bonchev–Trinajstić information content (AvgIpc) is 3.13. The van der Waals surface area contributed by atoms with Gasteiger partial charge in [-0.2, -0.15) is 0 Å². The number of rotatable bonds is 3. The minimum atomic E-state index is 0.271. The predicted octanol–water partition coefficient (Wildman–Crippen LogP) is 6.80. The number of pyridine rings is 1. The smallest absolute Gasteiger partial charge is 0.145 e. The zero-order valence-electron chi connectivity index (χ0n) is 15.1. The second kappa shape index (κ2) is 6.40. The molecule has 0 bridgehead atoms. The number of hydrogen-bond donors (Lipinski definition) is 0. The Kier molecular flexibility index (Phi) is 3.75. The lowest BCUT2D eigenvalue weighted by Crippen LogP contribution is -1.97. The summed E-state index contributed by atoms with van der Waals surface area (Å²) < 4.78 is 6.32. The Bertz CT molecular complexity index is 1220. The third-order valence-electron chi connectivity index (χ3n) is 5.27. The highest BCUT2D eigenvalue weighted by atomic mass is 16.3. The number of hydrogen-bond acceptors (Lipinski definition) is 2. The van der Waals surface area contributed by atoms with Gasteiger partial charge in [-0.1, -0.05) is 67.6 Å². The molecule has 2 heterocycles. The minimum absolute atomic E-state index is 0.271. The summed E-state index contributed by atoms with van der Waals surface area (Å²) in [5.41, 5.74) is 6.37. The number of fused-ring (bicyclic) bond motifs is 3. The van der Waals surface area contributed by atoms with Crippen molar-refractivity contribution in [1.82, 2.24) is 4.98 Å². The third kappa shape index (κ3) is 2.61. The van der Waals surface area contributed by atoms with Gasteiger partial charge in [-0.15, -0.1) is 0 Å². The van der Waals surface area contributed by atoms with E-state index in [0.29, 0.717) is 0 Å². The normalized spacial score (nSPS) is 12.5. The van der Waals surface area contributed by atoms with E-state index in [2.05, 4.69) is 66.5 Å². The molecule has 5 aromatic rings. The molecule has 27 heavy (non-hydrogen) atoms. The molecule has 1 unspecified atom stereocenters. The first kappa shape index (κ1) is 15.8. The molecule has 2 nitrogen and oxygen atoms in total. The summed E-state index contributed by atoms with van der Waals surface area (Å²) in [7, 11) is 0. The molecule has 0 radical (unpaired) electrons. The van der Waals surface area contributed by atoms with Crippen LogP contribution >= 0.6 is 0 Å². The summed E-state index contributed by atoms with van der Waals surface area (Å²) in [5.74, 6) is 0.271. The monoisotopic (exact) mass is 349 g/mol. The van der Waals surface area contributed by atoms with Gasteiger partial charge in [0.25, 0.3) is 0 Å². The first-order valence-electron chi connectivity index (χ1n) is 9.23. The summed E-state index contributed by atoms with van der Waals surface area (Å²) in [6.45, 7) is 2.26. The van der Waals surface area contributed by atoms with E-state index in [4.69, 9.17) is 4.42 Å². The van der Waals surface area contributed by atoms with Crippen LogP contribution in [0.3, 0.4) is 0 Å². The maximum absolute atomic E-state index is 6.32. The Hall–Kier alpha value is -3.39. The molecule has 2 aromatic heterocycles. The van der Waals surface area contributed by atoms with Crippen molar-refractivity contribution in [2.45, 2.75) is 12.8 Å². The van der Waals surface area contributed by atoms with E-state index >= 15 is 0 Å². The highest BCUT2D eigenvalue weighted by Gasteiger charge is 2.20. The molecule has 3 aromatic carbocycles. The van der Waals surface area contributed by atoms with Crippen LogP contribution in [-0.2, 0) is 0 Å².